The van der Waals surface area contributed by atoms with Crippen LogP contribution < -0.4 is 0 Å². The number of aryl methyl sites for hydroxylation is 4. The van der Waals surface area contributed by atoms with Crippen molar-refractivity contribution in [1.29, 1.82) is 0 Å². The van der Waals surface area contributed by atoms with Crippen LogP contribution in [0.2, 0.25) is 0 Å². The van der Waals surface area contributed by atoms with Crippen LogP contribution in [-0.4, -0.2) is 49.6 Å². The highest BCUT2D eigenvalue weighted by atomic mass is 16.4. The number of carbonyl (C=O) groups excluding carboxylic acids is 1. The van der Waals surface area contributed by atoms with Crippen LogP contribution in [0.1, 0.15) is 61.1 Å². The van der Waals surface area contributed by atoms with Crippen molar-refractivity contribution < 1.29 is 30.3 Å². The summed E-state index contributed by atoms with van der Waals surface area (Å²) in [5, 5.41) is 51.4. The Labute approximate surface area is 201 Å². The Bertz CT molecular complexity index is 1050. The van der Waals surface area contributed by atoms with Crippen molar-refractivity contribution in [1.82, 2.24) is 0 Å². The first-order valence-electron chi connectivity index (χ1n) is 11.8. The quantitative estimate of drug-likeness (QED) is 0.250. The molecule has 3 atom stereocenters. The van der Waals surface area contributed by atoms with E-state index in [-0.39, 0.29) is 0 Å². The van der Waals surface area contributed by atoms with Gasteiger partial charge in [0.15, 0.2) is 5.76 Å². The number of hydrogen-bond donors (Lipinski definition) is 5. The molecule has 184 valence electrons. The second-order valence-corrected chi connectivity index (χ2v) is 8.31. The van der Waals surface area contributed by atoms with Crippen LogP contribution in [-0.2, 0) is 30.5 Å². The summed E-state index contributed by atoms with van der Waals surface area (Å²) in [5.74, 6) is -2.51. The first kappa shape index (κ1) is 27.3. The van der Waals surface area contributed by atoms with Crippen molar-refractivity contribution in [2.24, 2.45) is 0 Å². The Kier molecular flexibility index (Phi) is 10.1. The second kappa shape index (κ2) is 12.5. The molecule has 0 amide bonds. The highest BCUT2D eigenvalue weighted by molar-refractivity contribution is 6.00. The first-order chi connectivity index (χ1) is 16.2. The van der Waals surface area contributed by atoms with E-state index in [9.17, 15) is 30.3 Å². The van der Waals surface area contributed by atoms with Gasteiger partial charge in [-0.2, -0.15) is 0 Å². The van der Waals surface area contributed by atoms with Crippen LogP contribution in [0.4, 0.5) is 0 Å². The normalized spacial score (nSPS) is 15.1. The Hall–Kier alpha value is -2.93. The molecular weight excluding hydrogens is 432 g/mol. The molecule has 0 bridgehead atoms. The Morgan fingerprint density at radius 2 is 1.15 bits per heavy atom. The maximum absolute atomic E-state index is 12.5. The lowest BCUT2D eigenvalue weighted by Crippen LogP contribution is -2.43. The number of carbonyl (C=O) groups is 1. The van der Waals surface area contributed by atoms with Crippen LogP contribution in [0, 0.1) is 0 Å². The molecule has 0 radical (unpaired) electrons. The van der Waals surface area contributed by atoms with Gasteiger partial charge < -0.3 is 25.5 Å². The van der Waals surface area contributed by atoms with Crippen molar-refractivity contribution in [2.45, 2.75) is 71.7 Å². The molecular formula is C28H36O6. The Morgan fingerprint density at radius 1 is 0.706 bits per heavy atom. The van der Waals surface area contributed by atoms with Crippen molar-refractivity contribution in [2.75, 3.05) is 0 Å². The lowest BCUT2D eigenvalue weighted by atomic mass is 9.97. The summed E-state index contributed by atoms with van der Waals surface area (Å²) >= 11 is 0. The van der Waals surface area contributed by atoms with Crippen molar-refractivity contribution in [3.63, 3.8) is 0 Å². The molecule has 0 spiro atoms. The third-order valence-corrected chi connectivity index (χ3v) is 6.07. The SMILES string of the molecule is CCc1ccc(C=C(O)C(=O)[C@H](O)[C@@H](O)[C@H](O)C(O)=Cc2ccc(CC)c(CC)c2)cc1CC. The van der Waals surface area contributed by atoms with Crippen molar-refractivity contribution in [3.05, 3.63) is 81.3 Å². The summed E-state index contributed by atoms with van der Waals surface area (Å²) in [6.07, 6.45) is -0.269. The molecule has 6 heteroatoms. The van der Waals surface area contributed by atoms with Crippen LogP contribution in [0.15, 0.2) is 47.9 Å². The fourth-order valence-corrected chi connectivity index (χ4v) is 3.96. The van der Waals surface area contributed by atoms with Gasteiger partial charge in [-0.1, -0.05) is 64.1 Å². The minimum absolute atomic E-state index is 0.576. The van der Waals surface area contributed by atoms with Gasteiger partial charge in [0.05, 0.1) is 0 Å². The van der Waals surface area contributed by atoms with Crippen LogP contribution >= 0.6 is 0 Å². The van der Waals surface area contributed by atoms with Gasteiger partial charge >= 0.3 is 0 Å². The van der Waals surface area contributed by atoms with Crippen LogP contribution in [0.5, 0.6) is 0 Å². The molecule has 0 aliphatic carbocycles. The van der Waals surface area contributed by atoms with Crippen LogP contribution in [0.25, 0.3) is 12.2 Å². The van der Waals surface area contributed by atoms with E-state index in [4.69, 9.17) is 0 Å². The fraction of sp³-hybridized carbons (Fsp3) is 0.393. The molecule has 0 saturated carbocycles. The van der Waals surface area contributed by atoms with Gasteiger partial charge in [0.1, 0.15) is 24.1 Å². The molecule has 0 unspecified atom stereocenters. The number of benzene rings is 2. The third-order valence-electron chi connectivity index (χ3n) is 6.07. The maximum atomic E-state index is 12.5. The van der Waals surface area contributed by atoms with E-state index in [2.05, 4.69) is 0 Å². The summed E-state index contributed by atoms with van der Waals surface area (Å²) in [4.78, 5) is 12.5. The maximum Gasteiger partial charge on any atom is 0.228 e. The molecule has 2 rings (SSSR count). The minimum Gasteiger partial charge on any atom is -0.509 e. The van der Waals surface area contributed by atoms with Crippen molar-refractivity contribution >= 4 is 17.9 Å². The van der Waals surface area contributed by atoms with Gasteiger partial charge in [-0.15, -0.1) is 0 Å². The first-order valence-corrected chi connectivity index (χ1v) is 11.8. The van der Waals surface area contributed by atoms with E-state index >= 15 is 0 Å². The predicted molar refractivity (Wildman–Crippen MR) is 135 cm³/mol. The summed E-state index contributed by atoms with van der Waals surface area (Å²) in [6, 6.07) is 11.1. The number of aliphatic hydroxyl groups is 5. The highest BCUT2D eigenvalue weighted by Crippen LogP contribution is 2.20. The molecule has 0 saturated heterocycles. The van der Waals surface area contributed by atoms with E-state index in [0.29, 0.717) is 11.1 Å². The average molecular weight is 469 g/mol. The third kappa shape index (κ3) is 6.56. The zero-order chi connectivity index (χ0) is 25.4. The summed E-state index contributed by atoms with van der Waals surface area (Å²) in [7, 11) is 0. The topological polar surface area (TPSA) is 118 Å². The van der Waals surface area contributed by atoms with Gasteiger partial charge in [-0.25, -0.2) is 0 Å². The largest absolute Gasteiger partial charge is 0.509 e. The second-order valence-electron chi connectivity index (χ2n) is 8.31. The number of hydrogen-bond acceptors (Lipinski definition) is 6. The van der Waals surface area contributed by atoms with Gasteiger partial charge in [0, 0.05) is 0 Å². The molecule has 0 aliphatic heterocycles. The van der Waals surface area contributed by atoms with Gasteiger partial charge in [0.25, 0.3) is 0 Å². The number of rotatable bonds is 11. The fourth-order valence-electron chi connectivity index (χ4n) is 3.96. The summed E-state index contributed by atoms with van der Waals surface area (Å²) in [5.41, 5.74) is 5.72. The molecule has 2 aromatic rings. The Morgan fingerprint density at radius 3 is 1.59 bits per heavy atom. The molecule has 2 aromatic carbocycles. The van der Waals surface area contributed by atoms with E-state index in [1.165, 1.54) is 23.3 Å². The monoisotopic (exact) mass is 468 g/mol. The molecule has 6 nitrogen and oxygen atoms in total. The predicted octanol–water partition coefficient (Wildman–Crippen LogP) is 4.09. The lowest BCUT2D eigenvalue weighted by molar-refractivity contribution is -0.136. The van der Waals surface area contributed by atoms with E-state index < -0.39 is 35.6 Å². The summed E-state index contributed by atoms with van der Waals surface area (Å²) in [6.45, 7) is 8.12. The molecule has 0 heterocycles. The Balaban J connectivity index is 2.18. The summed E-state index contributed by atoms with van der Waals surface area (Å²) < 4.78 is 0. The standard InChI is InChI=1S/C28H36O6/c1-5-19-11-9-17(13-21(19)7-3)15-23(29)25(31)27(33)28(34)26(32)24(30)16-18-10-12-20(6-2)22(8-4)14-18/h9-16,25,27-31,33-34H,5-8H2,1-4H3/t25-,27+,28+/m1/s1. The van der Waals surface area contributed by atoms with Gasteiger partial charge in [-0.05, 0) is 71.2 Å². The molecule has 0 fully saturated rings. The smallest absolute Gasteiger partial charge is 0.228 e. The number of Topliss-reactive ketones (excluding diaryl/α,β-unsaturated/α-hetero) is 1. The van der Waals surface area contributed by atoms with Crippen molar-refractivity contribution in [3.8, 4) is 0 Å². The minimum atomic E-state index is -2.13. The van der Waals surface area contributed by atoms with Crippen LogP contribution in [0.3, 0.4) is 0 Å². The highest BCUT2D eigenvalue weighted by Gasteiger charge is 2.34. The molecule has 0 aromatic heterocycles. The average Bonchev–Trinajstić information content (AvgIpc) is 2.86. The van der Waals surface area contributed by atoms with Gasteiger partial charge in [0.2, 0.25) is 5.78 Å². The zero-order valence-corrected chi connectivity index (χ0v) is 20.3. The number of aliphatic hydroxyl groups excluding tert-OH is 5. The van der Waals surface area contributed by atoms with E-state index in [1.807, 2.05) is 52.0 Å². The van der Waals surface area contributed by atoms with E-state index in [1.54, 1.807) is 12.1 Å². The van der Waals surface area contributed by atoms with E-state index in [0.717, 1.165) is 36.8 Å². The molecule has 34 heavy (non-hydrogen) atoms. The molecule has 0 aliphatic rings. The number of ketones is 1. The molecule has 5 N–H and O–H groups in total. The zero-order valence-electron chi connectivity index (χ0n) is 20.3. The van der Waals surface area contributed by atoms with Gasteiger partial charge in [-0.3, -0.25) is 4.79 Å². The lowest BCUT2D eigenvalue weighted by Gasteiger charge is -2.21.